The van der Waals surface area contributed by atoms with Gasteiger partial charge in [0.15, 0.2) is 0 Å². The summed E-state index contributed by atoms with van der Waals surface area (Å²) in [6.07, 6.45) is 4.05. The molecule has 2 amide bonds. The molecule has 0 radical (unpaired) electrons. The van der Waals surface area contributed by atoms with Crippen molar-refractivity contribution >= 4 is 11.8 Å². The fourth-order valence-corrected chi connectivity index (χ4v) is 3.46. The molecule has 0 atom stereocenters. The van der Waals surface area contributed by atoms with Crippen LogP contribution in [0.15, 0.2) is 46.9 Å². The van der Waals surface area contributed by atoms with E-state index in [1.165, 1.54) is 0 Å². The molecule has 0 spiro atoms. The maximum atomic E-state index is 12.4. The van der Waals surface area contributed by atoms with Gasteiger partial charge < -0.3 is 15.1 Å². The molecule has 2 fully saturated rings. The van der Waals surface area contributed by atoms with Crippen LogP contribution in [0.2, 0.25) is 0 Å². The van der Waals surface area contributed by atoms with Crippen molar-refractivity contribution in [3.63, 3.8) is 0 Å². The van der Waals surface area contributed by atoms with E-state index in [9.17, 15) is 9.59 Å². The van der Waals surface area contributed by atoms with Crippen LogP contribution in [0.1, 0.15) is 47.5 Å². The quantitative estimate of drug-likeness (QED) is 0.613. The van der Waals surface area contributed by atoms with Crippen LogP contribution in [-0.2, 0) is 11.3 Å². The Balaban J connectivity index is 1.29. The van der Waals surface area contributed by atoms with E-state index in [2.05, 4.69) is 20.8 Å². The van der Waals surface area contributed by atoms with Gasteiger partial charge in [0.25, 0.3) is 5.91 Å². The molecule has 3 aromatic rings. The van der Waals surface area contributed by atoms with Crippen LogP contribution in [0, 0.1) is 12.8 Å². The van der Waals surface area contributed by atoms with Gasteiger partial charge in [-0.05, 0) is 73.6 Å². The number of amides is 2. The van der Waals surface area contributed by atoms with E-state index in [0.29, 0.717) is 23.4 Å². The Labute approximate surface area is 180 Å². The Kier molecular flexibility index (Phi) is 5.02. The highest BCUT2D eigenvalue weighted by Gasteiger charge is 2.29. The third-order valence-corrected chi connectivity index (χ3v) is 5.68. The van der Waals surface area contributed by atoms with Gasteiger partial charge in [-0.3, -0.25) is 9.59 Å². The van der Waals surface area contributed by atoms with Gasteiger partial charge in [0.05, 0.1) is 6.54 Å². The van der Waals surface area contributed by atoms with E-state index < -0.39 is 0 Å². The number of nitrogens with zero attached hydrogens (tertiary/aromatic N) is 2. The standard InChI is InChI=1S/C24H24N4O3/c1-14-2-3-18(23(30)26-19-10-11-19)12-20(14)15-4-8-17(9-5-15)24-28-27-21(31-24)13-25-22(29)16-6-7-16/h2-5,8-9,12,16,19H,6-7,10-11,13H2,1H3,(H,25,29)(H,26,30). The van der Waals surface area contributed by atoms with Gasteiger partial charge in [-0.1, -0.05) is 18.2 Å². The van der Waals surface area contributed by atoms with E-state index in [0.717, 1.165) is 47.9 Å². The Morgan fingerprint density at radius 2 is 1.74 bits per heavy atom. The molecular formula is C24H24N4O3. The first-order valence-corrected chi connectivity index (χ1v) is 10.7. The van der Waals surface area contributed by atoms with Crippen molar-refractivity contribution < 1.29 is 14.0 Å². The summed E-state index contributed by atoms with van der Waals surface area (Å²) >= 11 is 0. The molecule has 2 aromatic carbocycles. The fraction of sp³-hybridized carbons (Fsp3) is 0.333. The molecule has 5 rings (SSSR count). The molecule has 7 heteroatoms. The van der Waals surface area contributed by atoms with Crippen molar-refractivity contribution in [2.75, 3.05) is 0 Å². The maximum absolute atomic E-state index is 12.4. The van der Waals surface area contributed by atoms with Crippen LogP contribution in [0.4, 0.5) is 0 Å². The molecule has 2 N–H and O–H groups in total. The van der Waals surface area contributed by atoms with Crippen molar-refractivity contribution in [1.82, 2.24) is 20.8 Å². The monoisotopic (exact) mass is 416 g/mol. The first kappa shape index (κ1) is 19.5. The summed E-state index contributed by atoms with van der Waals surface area (Å²) in [5, 5.41) is 14.0. The fourth-order valence-electron chi connectivity index (χ4n) is 3.46. The van der Waals surface area contributed by atoms with Gasteiger partial charge in [-0.15, -0.1) is 10.2 Å². The zero-order valence-electron chi connectivity index (χ0n) is 17.4. The molecule has 0 bridgehead atoms. The zero-order chi connectivity index (χ0) is 21.4. The number of aromatic nitrogens is 2. The van der Waals surface area contributed by atoms with Crippen molar-refractivity contribution in [2.24, 2.45) is 5.92 Å². The first-order chi connectivity index (χ1) is 15.1. The number of carbonyl (C=O) groups excluding carboxylic acids is 2. The van der Waals surface area contributed by atoms with Crippen LogP contribution in [-0.4, -0.2) is 28.1 Å². The van der Waals surface area contributed by atoms with Crippen LogP contribution < -0.4 is 10.6 Å². The minimum atomic E-state index is -0.0208. The van der Waals surface area contributed by atoms with Crippen molar-refractivity contribution in [3.8, 4) is 22.6 Å². The number of hydrogen-bond acceptors (Lipinski definition) is 5. The van der Waals surface area contributed by atoms with E-state index in [1.807, 2.05) is 49.4 Å². The predicted molar refractivity (Wildman–Crippen MR) is 115 cm³/mol. The molecular weight excluding hydrogens is 392 g/mol. The number of nitrogens with one attached hydrogen (secondary N) is 2. The topological polar surface area (TPSA) is 97.1 Å². The number of hydrogen-bond donors (Lipinski definition) is 2. The minimum absolute atomic E-state index is 0.0208. The zero-order valence-corrected chi connectivity index (χ0v) is 17.4. The van der Waals surface area contributed by atoms with E-state index in [1.54, 1.807) is 0 Å². The number of benzene rings is 2. The molecule has 0 saturated heterocycles. The van der Waals surface area contributed by atoms with Gasteiger partial charge >= 0.3 is 0 Å². The Morgan fingerprint density at radius 3 is 2.45 bits per heavy atom. The van der Waals surface area contributed by atoms with Gasteiger partial charge in [0.1, 0.15) is 0 Å². The largest absolute Gasteiger partial charge is 0.419 e. The predicted octanol–water partition coefficient (Wildman–Crippen LogP) is 3.63. The van der Waals surface area contributed by atoms with Crippen LogP contribution in [0.5, 0.6) is 0 Å². The summed E-state index contributed by atoms with van der Waals surface area (Å²) in [6.45, 7) is 2.28. The van der Waals surface area contributed by atoms with Gasteiger partial charge in [-0.25, -0.2) is 0 Å². The second-order valence-corrected chi connectivity index (χ2v) is 8.35. The van der Waals surface area contributed by atoms with Crippen molar-refractivity contribution in [3.05, 3.63) is 59.5 Å². The molecule has 1 aromatic heterocycles. The summed E-state index contributed by atoms with van der Waals surface area (Å²) < 4.78 is 5.69. The number of rotatable bonds is 7. The van der Waals surface area contributed by atoms with Crippen LogP contribution >= 0.6 is 0 Å². The molecule has 0 unspecified atom stereocenters. The average Bonchev–Trinajstić information content (AvgIpc) is 3.72. The summed E-state index contributed by atoms with van der Waals surface area (Å²) in [4.78, 5) is 24.2. The van der Waals surface area contributed by atoms with Gasteiger partial charge in [0, 0.05) is 23.1 Å². The SMILES string of the molecule is Cc1ccc(C(=O)NC2CC2)cc1-c1ccc(-c2nnc(CNC(=O)C3CC3)o2)cc1. The molecule has 158 valence electrons. The summed E-state index contributed by atoms with van der Waals surface area (Å²) in [5.41, 5.74) is 4.60. The Bertz CT molecular complexity index is 1130. The number of aryl methyl sites for hydroxylation is 1. The molecule has 2 saturated carbocycles. The molecule has 0 aliphatic heterocycles. The van der Waals surface area contributed by atoms with Gasteiger partial charge in [0.2, 0.25) is 17.7 Å². The molecule has 2 aliphatic carbocycles. The molecule has 1 heterocycles. The van der Waals surface area contributed by atoms with Crippen molar-refractivity contribution in [1.29, 1.82) is 0 Å². The summed E-state index contributed by atoms with van der Waals surface area (Å²) in [7, 11) is 0. The normalized spacial score (nSPS) is 15.5. The maximum Gasteiger partial charge on any atom is 0.251 e. The van der Waals surface area contributed by atoms with E-state index in [4.69, 9.17) is 4.42 Å². The lowest BCUT2D eigenvalue weighted by atomic mass is 9.97. The Hall–Kier alpha value is -3.48. The highest BCUT2D eigenvalue weighted by atomic mass is 16.4. The molecule has 7 nitrogen and oxygen atoms in total. The molecule has 31 heavy (non-hydrogen) atoms. The first-order valence-electron chi connectivity index (χ1n) is 10.7. The second kappa shape index (κ2) is 7.98. The lowest BCUT2D eigenvalue weighted by Crippen LogP contribution is -2.25. The lowest BCUT2D eigenvalue weighted by molar-refractivity contribution is -0.122. The van der Waals surface area contributed by atoms with E-state index >= 15 is 0 Å². The van der Waals surface area contributed by atoms with Crippen LogP contribution in [0.25, 0.3) is 22.6 Å². The summed E-state index contributed by atoms with van der Waals surface area (Å²) in [5.74, 6) is 0.978. The third kappa shape index (κ3) is 4.50. The van der Waals surface area contributed by atoms with Crippen LogP contribution in [0.3, 0.4) is 0 Å². The number of carbonyl (C=O) groups is 2. The smallest absolute Gasteiger partial charge is 0.251 e. The highest BCUT2D eigenvalue weighted by Crippen LogP contribution is 2.29. The van der Waals surface area contributed by atoms with E-state index in [-0.39, 0.29) is 24.3 Å². The Morgan fingerprint density at radius 1 is 1.00 bits per heavy atom. The second-order valence-electron chi connectivity index (χ2n) is 8.35. The highest BCUT2D eigenvalue weighted by molar-refractivity contribution is 5.96. The van der Waals surface area contributed by atoms with Crippen molar-refractivity contribution in [2.45, 2.75) is 45.2 Å². The lowest BCUT2D eigenvalue weighted by Gasteiger charge is -2.10. The minimum Gasteiger partial charge on any atom is -0.419 e. The third-order valence-electron chi connectivity index (χ3n) is 5.68. The summed E-state index contributed by atoms with van der Waals surface area (Å²) in [6, 6.07) is 13.9. The van der Waals surface area contributed by atoms with Gasteiger partial charge in [-0.2, -0.15) is 0 Å². The molecule has 2 aliphatic rings. The average molecular weight is 416 g/mol.